The normalized spacial score (nSPS) is 15.3. The van der Waals surface area contributed by atoms with Gasteiger partial charge in [0.25, 0.3) is 6.43 Å². The number of nitrogens with one attached hydrogen (secondary N) is 2. The second-order valence-electron chi connectivity index (χ2n) is 5.33. The van der Waals surface area contributed by atoms with Gasteiger partial charge in [-0.15, -0.1) is 0 Å². The summed E-state index contributed by atoms with van der Waals surface area (Å²) in [4.78, 5) is 8.33. The van der Waals surface area contributed by atoms with Crippen molar-refractivity contribution in [2.24, 2.45) is 4.99 Å². The largest absolute Gasteiger partial charge is 0.397 e. The third kappa shape index (κ3) is 2.70. The molecule has 1 aromatic carbocycles. The molecule has 8 nitrogen and oxygen atoms in total. The standard InChI is InChI=1S/C16H12F2N8/c17-13(18)8-4-2-1-3-7(8)12-10-11(21)9(5-19)14(22)25-15(10)26-16(24-12)23-6-20/h1-4,12-13H,(H6,21,22,23,24,25,26). The van der Waals surface area contributed by atoms with Gasteiger partial charge in [-0.2, -0.15) is 10.5 Å². The van der Waals surface area contributed by atoms with E-state index in [2.05, 4.69) is 20.6 Å². The summed E-state index contributed by atoms with van der Waals surface area (Å²) in [5.74, 6) is 0.0289. The highest BCUT2D eigenvalue weighted by Gasteiger charge is 2.31. The quantitative estimate of drug-likeness (QED) is 0.476. The van der Waals surface area contributed by atoms with Crippen LogP contribution >= 0.6 is 0 Å². The van der Waals surface area contributed by atoms with Gasteiger partial charge in [0.1, 0.15) is 29.3 Å². The molecule has 1 unspecified atom stereocenters. The zero-order valence-corrected chi connectivity index (χ0v) is 13.2. The molecule has 3 rings (SSSR count). The first-order valence-corrected chi connectivity index (χ1v) is 7.33. The van der Waals surface area contributed by atoms with Gasteiger partial charge in [0.15, 0.2) is 6.19 Å². The van der Waals surface area contributed by atoms with E-state index in [0.29, 0.717) is 0 Å². The second-order valence-corrected chi connectivity index (χ2v) is 5.33. The maximum atomic E-state index is 13.5. The smallest absolute Gasteiger partial charge is 0.264 e. The number of nitriles is 2. The van der Waals surface area contributed by atoms with Gasteiger partial charge in [0.05, 0.1) is 5.69 Å². The summed E-state index contributed by atoms with van der Waals surface area (Å²) in [5.41, 5.74) is 11.9. The number of rotatable bonds is 2. The Morgan fingerprint density at radius 3 is 2.62 bits per heavy atom. The average molecular weight is 354 g/mol. The lowest BCUT2D eigenvalue weighted by molar-refractivity contribution is 0.150. The van der Waals surface area contributed by atoms with E-state index in [0.717, 1.165) is 0 Å². The van der Waals surface area contributed by atoms with Crippen molar-refractivity contribution in [3.05, 3.63) is 46.5 Å². The summed E-state index contributed by atoms with van der Waals surface area (Å²) in [5, 5.41) is 23.1. The second kappa shape index (κ2) is 6.53. The topological polar surface area (TPSA) is 149 Å². The Morgan fingerprint density at radius 1 is 1.23 bits per heavy atom. The minimum atomic E-state index is -2.74. The molecule has 0 aliphatic carbocycles. The van der Waals surface area contributed by atoms with Crippen molar-refractivity contribution in [2.45, 2.75) is 12.5 Å². The molecule has 2 aromatic rings. The highest BCUT2D eigenvalue weighted by Crippen LogP contribution is 2.42. The van der Waals surface area contributed by atoms with E-state index in [9.17, 15) is 14.0 Å². The lowest BCUT2D eigenvalue weighted by Crippen LogP contribution is -2.33. The predicted molar refractivity (Wildman–Crippen MR) is 90.8 cm³/mol. The number of fused-ring (bicyclic) bond motifs is 1. The fraction of sp³-hybridized carbons (Fsp3) is 0.125. The number of nitrogens with zero attached hydrogens (tertiary/aromatic N) is 4. The molecule has 0 saturated carbocycles. The van der Waals surface area contributed by atoms with Crippen LogP contribution < -0.4 is 22.1 Å². The number of anilines is 3. The van der Waals surface area contributed by atoms with E-state index < -0.39 is 12.5 Å². The Hall–Kier alpha value is -3.92. The lowest BCUT2D eigenvalue weighted by atomic mass is 9.92. The molecule has 1 aromatic heterocycles. The zero-order chi connectivity index (χ0) is 18.8. The molecule has 0 fully saturated rings. The van der Waals surface area contributed by atoms with Crippen LogP contribution in [0.3, 0.4) is 0 Å². The van der Waals surface area contributed by atoms with Crippen molar-refractivity contribution < 1.29 is 8.78 Å². The average Bonchev–Trinajstić information content (AvgIpc) is 2.61. The molecule has 1 aliphatic heterocycles. The number of nitrogen functional groups attached to an aromatic ring is 2. The van der Waals surface area contributed by atoms with E-state index in [1.807, 2.05) is 6.07 Å². The lowest BCUT2D eigenvalue weighted by Gasteiger charge is -2.27. The number of halogens is 2. The number of pyridine rings is 1. The number of guanidine groups is 1. The Labute approximate surface area is 146 Å². The minimum Gasteiger partial charge on any atom is -0.397 e. The van der Waals surface area contributed by atoms with Crippen LogP contribution in [0.2, 0.25) is 0 Å². The first-order chi connectivity index (χ1) is 12.5. The number of aromatic nitrogens is 1. The van der Waals surface area contributed by atoms with E-state index in [1.54, 1.807) is 12.3 Å². The fourth-order valence-corrected chi connectivity index (χ4v) is 2.76. The molecule has 6 N–H and O–H groups in total. The molecular weight excluding hydrogens is 342 g/mol. The Kier molecular flexibility index (Phi) is 4.25. The SMILES string of the molecule is N#CNC1=NC(c2ccccc2C(F)F)c2c(nc(N)c(C#N)c2N)N1. The maximum absolute atomic E-state index is 13.5. The van der Waals surface area contributed by atoms with Crippen molar-refractivity contribution in [1.82, 2.24) is 10.3 Å². The number of hydrogen-bond donors (Lipinski definition) is 4. The molecule has 26 heavy (non-hydrogen) atoms. The third-order valence-electron chi connectivity index (χ3n) is 3.88. The highest BCUT2D eigenvalue weighted by atomic mass is 19.3. The molecule has 0 amide bonds. The van der Waals surface area contributed by atoms with Crippen LogP contribution in [0, 0.1) is 22.8 Å². The fourth-order valence-electron chi connectivity index (χ4n) is 2.76. The van der Waals surface area contributed by atoms with Crippen molar-refractivity contribution in [2.75, 3.05) is 16.8 Å². The summed E-state index contributed by atoms with van der Waals surface area (Å²) in [7, 11) is 0. The molecule has 2 heterocycles. The van der Waals surface area contributed by atoms with Crippen LogP contribution in [0.15, 0.2) is 29.3 Å². The van der Waals surface area contributed by atoms with Crippen LogP contribution in [0.5, 0.6) is 0 Å². The van der Waals surface area contributed by atoms with Gasteiger partial charge >= 0.3 is 0 Å². The van der Waals surface area contributed by atoms with E-state index in [-0.39, 0.29) is 45.5 Å². The van der Waals surface area contributed by atoms with Crippen molar-refractivity contribution >= 4 is 23.3 Å². The Morgan fingerprint density at radius 2 is 1.96 bits per heavy atom. The van der Waals surface area contributed by atoms with Crippen LogP contribution in [0.4, 0.5) is 26.1 Å². The molecule has 0 radical (unpaired) electrons. The molecule has 0 bridgehead atoms. The minimum absolute atomic E-state index is 0.00340. The van der Waals surface area contributed by atoms with Crippen LogP contribution in [0.25, 0.3) is 0 Å². The van der Waals surface area contributed by atoms with Crippen LogP contribution in [0.1, 0.15) is 34.7 Å². The van der Waals surface area contributed by atoms with Crippen molar-refractivity contribution in [3.8, 4) is 12.3 Å². The molecule has 1 atom stereocenters. The molecule has 0 saturated heterocycles. The van der Waals surface area contributed by atoms with Gasteiger partial charge < -0.3 is 16.8 Å². The predicted octanol–water partition coefficient (Wildman–Crippen LogP) is 2.00. The van der Waals surface area contributed by atoms with E-state index in [4.69, 9.17) is 16.7 Å². The third-order valence-corrected chi connectivity index (χ3v) is 3.88. The number of alkyl halides is 2. The summed E-state index contributed by atoms with van der Waals surface area (Å²) in [6, 6.07) is 6.69. The monoisotopic (exact) mass is 354 g/mol. The number of nitrogens with two attached hydrogens (primary N) is 2. The number of hydrogen-bond acceptors (Lipinski definition) is 8. The molecular formula is C16H12F2N8. The summed E-state index contributed by atoms with van der Waals surface area (Å²) < 4.78 is 26.9. The van der Waals surface area contributed by atoms with Gasteiger partial charge in [-0.1, -0.05) is 24.3 Å². The molecule has 1 aliphatic rings. The summed E-state index contributed by atoms with van der Waals surface area (Å²) in [6.07, 6.45) is -1.05. The van der Waals surface area contributed by atoms with Gasteiger partial charge in [-0.05, 0) is 5.56 Å². The molecule has 130 valence electrons. The van der Waals surface area contributed by atoms with Crippen molar-refractivity contribution in [3.63, 3.8) is 0 Å². The maximum Gasteiger partial charge on any atom is 0.264 e. The van der Waals surface area contributed by atoms with E-state index in [1.165, 1.54) is 18.2 Å². The van der Waals surface area contributed by atoms with Gasteiger partial charge in [0, 0.05) is 11.1 Å². The van der Waals surface area contributed by atoms with Gasteiger partial charge in [-0.25, -0.2) is 18.8 Å². The number of aliphatic imine (C=N–C) groups is 1. The first-order valence-electron chi connectivity index (χ1n) is 7.33. The summed E-state index contributed by atoms with van der Waals surface area (Å²) in [6.45, 7) is 0. The Balaban J connectivity index is 2.29. The van der Waals surface area contributed by atoms with Gasteiger partial charge in [0.2, 0.25) is 5.96 Å². The van der Waals surface area contributed by atoms with E-state index >= 15 is 0 Å². The zero-order valence-electron chi connectivity index (χ0n) is 13.2. The first kappa shape index (κ1) is 16.9. The van der Waals surface area contributed by atoms with Crippen LogP contribution in [-0.4, -0.2) is 10.9 Å². The molecule has 0 spiro atoms. The van der Waals surface area contributed by atoms with Crippen molar-refractivity contribution in [1.29, 1.82) is 10.5 Å². The van der Waals surface area contributed by atoms with Gasteiger partial charge in [-0.3, -0.25) is 5.32 Å². The summed E-state index contributed by atoms with van der Waals surface area (Å²) >= 11 is 0. The Bertz CT molecular complexity index is 987. The van der Waals surface area contributed by atoms with Crippen LogP contribution in [-0.2, 0) is 0 Å². The number of benzene rings is 1. The molecule has 10 heteroatoms. The highest BCUT2D eigenvalue weighted by molar-refractivity contribution is 5.98.